The highest BCUT2D eigenvalue weighted by molar-refractivity contribution is 4.85. The molecule has 0 N–H and O–H groups in total. The van der Waals surface area contributed by atoms with E-state index in [1.807, 2.05) is 6.92 Å². The molecule has 0 aromatic rings. The summed E-state index contributed by atoms with van der Waals surface area (Å²) in [5.41, 5.74) is 0.917. The summed E-state index contributed by atoms with van der Waals surface area (Å²) in [5, 5.41) is 8.08. The van der Waals surface area contributed by atoms with Crippen LogP contribution in [0, 0.1) is 17.9 Å². The van der Waals surface area contributed by atoms with E-state index in [4.69, 9.17) is 11.8 Å². The van der Waals surface area contributed by atoms with E-state index in [9.17, 15) is 0 Å². The second-order valence-electron chi connectivity index (χ2n) is 1.86. The molecule has 0 unspecified atom stereocenters. The first-order valence-corrected chi connectivity index (χ1v) is 2.72. The monoisotopic (exact) mass is 108 g/mol. The van der Waals surface area contributed by atoms with Crippen LogP contribution in [-0.2, 0) is 0 Å². The molecule has 0 aliphatic carbocycles. The summed E-state index contributed by atoms with van der Waals surface area (Å²) in [5.74, 6) is 0. The van der Waals surface area contributed by atoms with E-state index >= 15 is 0 Å². The smallest absolute Gasteiger partial charge is 0.0621 e. The normalized spacial score (nSPS) is 8.00. The molecule has 0 aliphatic heterocycles. The van der Waals surface area contributed by atoms with Gasteiger partial charge in [0.2, 0.25) is 0 Å². The topological polar surface area (TPSA) is 23.8 Å². The molecular weight excluding hydrogens is 98.1 g/mol. The van der Waals surface area contributed by atoms with Gasteiger partial charge in [-0.1, -0.05) is 12.2 Å². The molecule has 0 aromatic carbocycles. The lowest BCUT2D eigenvalue weighted by atomic mass is 10.1. The second-order valence-corrected chi connectivity index (χ2v) is 1.86. The van der Waals surface area contributed by atoms with Crippen LogP contribution in [0.3, 0.4) is 0 Å². The zero-order chi connectivity index (χ0) is 6.41. The van der Waals surface area contributed by atoms with E-state index in [0.717, 1.165) is 18.4 Å². The van der Waals surface area contributed by atoms with Crippen LogP contribution in [0.4, 0.5) is 0 Å². The lowest BCUT2D eigenvalue weighted by Gasteiger charge is -1.90. The molecule has 0 spiro atoms. The lowest BCUT2D eigenvalue weighted by molar-refractivity contribution is 0.841. The minimum Gasteiger partial charge on any atom is -0.198 e. The van der Waals surface area contributed by atoms with Crippen molar-refractivity contribution in [1.82, 2.24) is 0 Å². The van der Waals surface area contributed by atoms with E-state index in [1.54, 1.807) is 0 Å². The molecule has 0 saturated carbocycles. The zero-order valence-corrected chi connectivity index (χ0v) is 5.15. The zero-order valence-electron chi connectivity index (χ0n) is 5.15. The summed E-state index contributed by atoms with van der Waals surface area (Å²) in [6, 6.07) is 2.05. The first-order chi connectivity index (χ1) is 3.77. The van der Waals surface area contributed by atoms with Crippen LogP contribution in [0.5, 0.6) is 0 Å². The minimum atomic E-state index is 0.620. The third kappa shape index (κ3) is 5.23. The molecule has 0 heterocycles. The molecule has 0 rings (SSSR count). The van der Waals surface area contributed by atoms with Crippen molar-refractivity contribution in [2.45, 2.75) is 26.2 Å². The Morgan fingerprint density at radius 3 is 2.75 bits per heavy atom. The van der Waals surface area contributed by atoms with Crippen molar-refractivity contribution in [2.24, 2.45) is 0 Å². The molecule has 0 fully saturated rings. The van der Waals surface area contributed by atoms with Crippen LogP contribution >= 0.6 is 0 Å². The van der Waals surface area contributed by atoms with Gasteiger partial charge in [0, 0.05) is 6.42 Å². The Labute approximate surface area is 50.6 Å². The Morgan fingerprint density at radius 1 is 1.75 bits per heavy atom. The molecule has 0 aromatic heterocycles. The largest absolute Gasteiger partial charge is 0.198 e. The maximum Gasteiger partial charge on any atom is 0.0621 e. The van der Waals surface area contributed by atoms with E-state index in [2.05, 4.69) is 6.07 Å². The van der Waals surface area contributed by atoms with E-state index in [1.165, 1.54) is 0 Å². The maximum atomic E-state index is 8.08. The SMILES string of the molecule is [CH]=C(C)CCCC#N. The summed E-state index contributed by atoms with van der Waals surface area (Å²) in [6.07, 6.45) is 2.40. The quantitative estimate of drug-likeness (QED) is 0.507. The number of unbranched alkanes of at least 4 members (excludes halogenated alkanes) is 1. The summed E-state index contributed by atoms with van der Waals surface area (Å²) in [7, 11) is 0. The van der Waals surface area contributed by atoms with Crippen LogP contribution in [0.25, 0.3) is 0 Å². The van der Waals surface area contributed by atoms with Gasteiger partial charge in [-0.2, -0.15) is 5.26 Å². The van der Waals surface area contributed by atoms with Gasteiger partial charge in [0.05, 0.1) is 6.07 Å². The highest BCUT2D eigenvalue weighted by Gasteiger charge is 1.84. The predicted molar refractivity (Wildman–Crippen MR) is 33.0 cm³/mol. The predicted octanol–water partition coefficient (Wildman–Crippen LogP) is 2.06. The van der Waals surface area contributed by atoms with Crippen molar-refractivity contribution in [3.63, 3.8) is 0 Å². The van der Waals surface area contributed by atoms with Gasteiger partial charge in [-0.25, -0.2) is 0 Å². The van der Waals surface area contributed by atoms with Crippen molar-refractivity contribution in [3.8, 4) is 6.07 Å². The summed E-state index contributed by atoms with van der Waals surface area (Å²) in [4.78, 5) is 0. The average molecular weight is 108 g/mol. The molecule has 0 bridgehead atoms. The van der Waals surface area contributed by atoms with Crippen molar-refractivity contribution in [3.05, 3.63) is 12.2 Å². The Balaban J connectivity index is 2.97. The van der Waals surface area contributed by atoms with Gasteiger partial charge >= 0.3 is 0 Å². The fraction of sp³-hybridized carbons (Fsp3) is 0.571. The first kappa shape index (κ1) is 7.23. The molecule has 0 saturated heterocycles. The molecule has 1 heteroatoms. The van der Waals surface area contributed by atoms with Crippen LogP contribution in [0.2, 0.25) is 0 Å². The average Bonchev–Trinajstić information content (AvgIpc) is 1.66. The fourth-order valence-corrected chi connectivity index (χ4v) is 0.446. The molecule has 0 aliphatic rings. The van der Waals surface area contributed by atoms with Crippen molar-refractivity contribution in [1.29, 1.82) is 5.26 Å². The van der Waals surface area contributed by atoms with Gasteiger partial charge in [0.25, 0.3) is 0 Å². The molecule has 0 atom stereocenters. The second kappa shape index (κ2) is 4.39. The van der Waals surface area contributed by atoms with Gasteiger partial charge in [-0.05, 0) is 19.8 Å². The number of rotatable bonds is 3. The minimum absolute atomic E-state index is 0.620. The van der Waals surface area contributed by atoms with Gasteiger partial charge in [0.1, 0.15) is 0 Å². The van der Waals surface area contributed by atoms with E-state index < -0.39 is 0 Å². The number of nitrogens with zero attached hydrogens (tertiary/aromatic N) is 1. The van der Waals surface area contributed by atoms with E-state index in [-0.39, 0.29) is 0 Å². The Hall–Kier alpha value is -0.770. The van der Waals surface area contributed by atoms with Gasteiger partial charge in [-0.3, -0.25) is 0 Å². The van der Waals surface area contributed by atoms with Gasteiger partial charge in [0.15, 0.2) is 0 Å². The fourth-order valence-electron chi connectivity index (χ4n) is 0.446. The first-order valence-electron chi connectivity index (χ1n) is 2.72. The molecule has 0 amide bonds. The Morgan fingerprint density at radius 2 is 2.38 bits per heavy atom. The third-order valence-corrected chi connectivity index (χ3v) is 0.860. The van der Waals surface area contributed by atoms with Crippen LogP contribution in [0.1, 0.15) is 26.2 Å². The maximum absolute atomic E-state index is 8.08. The molecule has 8 heavy (non-hydrogen) atoms. The third-order valence-electron chi connectivity index (χ3n) is 0.860. The highest BCUT2D eigenvalue weighted by atomic mass is 14.2. The van der Waals surface area contributed by atoms with E-state index in [0.29, 0.717) is 6.42 Å². The standard InChI is InChI=1S/C7H10N/c1-7(2)5-3-4-6-8/h1H,3-5H2,2H3. The summed E-state index contributed by atoms with van der Waals surface area (Å²) in [6.45, 7) is 7.21. The number of allylic oxidation sites excluding steroid dienone is 1. The Kier molecular flexibility index (Phi) is 3.97. The van der Waals surface area contributed by atoms with Gasteiger partial charge in [-0.15, -0.1) is 0 Å². The van der Waals surface area contributed by atoms with Crippen LogP contribution in [-0.4, -0.2) is 0 Å². The highest BCUT2D eigenvalue weighted by Crippen LogP contribution is 2.01. The van der Waals surface area contributed by atoms with Crippen molar-refractivity contribution < 1.29 is 0 Å². The molecule has 43 valence electrons. The van der Waals surface area contributed by atoms with Crippen LogP contribution < -0.4 is 0 Å². The van der Waals surface area contributed by atoms with Gasteiger partial charge < -0.3 is 0 Å². The molecular formula is C7H10N. The molecule has 1 radical (unpaired) electrons. The van der Waals surface area contributed by atoms with Crippen molar-refractivity contribution >= 4 is 0 Å². The summed E-state index contributed by atoms with van der Waals surface area (Å²) >= 11 is 0. The Bertz CT molecular complexity index is 108. The van der Waals surface area contributed by atoms with Crippen molar-refractivity contribution in [2.75, 3.05) is 0 Å². The summed E-state index contributed by atoms with van der Waals surface area (Å²) < 4.78 is 0. The lowest BCUT2D eigenvalue weighted by Crippen LogP contribution is -1.73. The number of nitriles is 1. The molecule has 1 nitrogen and oxygen atoms in total. The van der Waals surface area contributed by atoms with Crippen LogP contribution in [0.15, 0.2) is 5.57 Å². The number of hydrogen-bond acceptors (Lipinski definition) is 1. The number of hydrogen-bond donors (Lipinski definition) is 0.